The Morgan fingerprint density at radius 2 is 1.34 bits per heavy atom. The van der Waals surface area contributed by atoms with Crippen LogP contribution in [0.15, 0.2) is 108 Å². The Hall–Kier alpha value is -3.65. The van der Waals surface area contributed by atoms with Crippen molar-refractivity contribution in [1.82, 2.24) is 0 Å². The number of para-hydroxylation sites is 1. The van der Waals surface area contributed by atoms with Gasteiger partial charge in [-0.2, -0.15) is 5.10 Å². The smallest absolute Gasteiger partial charge is 0.0694 e. The van der Waals surface area contributed by atoms with Gasteiger partial charge in [-0.05, 0) is 52.9 Å². The van der Waals surface area contributed by atoms with Gasteiger partial charge in [-0.1, -0.05) is 84.9 Å². The predicted molar refractivity (Wildman–Crippen MR) is 122 cm³/mol. The Morgan fingerprint density at radius 3 is 2.14 bits per heavy atom. The zero-order chi connectivity index (χ0) is 19.6. The third-order valence-corrected chi connectivity index (χ3v) is 5.50. The maximum atomic E-state index is 5.08. The highest BCUT2D eigenvalue weighted by molar-refractivity contribution is 6.00. The summed E-state index contributed by atoms with van der Waals surface area (Å²) in [6.45, 7) is 2.07. The molecule has 0 aromatic heterocycles. The van der Waals surface area contributed by atoms with Crippen molar-refractivity contribution in [2.75, 3.05) is 5.01 Å². The number of hydrogen-bond donors (Lipinski definition) is 0. The first-order valence-corrected chi connectivity index (χ1v) is 9.97. The van der Waals surface area contributed by atoms with Gasteiger partial charge in [-0.3, -0.25) is 0 Å². The third-order valence-electron chi connectivity index (χ3n) is 5.50. The second kappa shape index (κ2) is 7.40. The summed E-state index contributed by atoms with van der Waals surface area (Å²) in [6.07, 6.45) is 0.935. The van der Waals surface area contributed by atoms with Gasteiger partial charge >= 0.3 is 0 Å². The fraction of sp³-hybridized carbons (Fsp3) is 0.0741. The van der Waals surface area contributed by atoms with Crippen LogP contribution in [0.3, 0.4) is 0 Å². The maximum absolute atomic E-state index is 5.08. The number of benzene rings is 4. The maximum Gasteiger partial charge on any atom is 0.0694 e. The molecule has 0 saturated carbocycles. The molecule has 4 aromatic rings. The van der Waals surface area contributed by atoms with Crippen molar-refractivity contribution in [2.45, 2.75) is 13.3 Å². The first-order valence-electron chi connectivity index (χ1n) is 9.97. The van der Waals surface area contributed by atoms with Gasteiger partial charge in [0.1, 0.15) is 0 Å². The molecule has 2 nitrogen and oxygen atoms in total. The third kappa shape index (κ3) is 3.23. The predicted octanol–water partition coefficient (Wildman–Crippen LogP) is 6.82. The van der Waals surface area contributed by atoms with Gasteiger partial charge in [0.15, 0.2) is 0 Å². The molecule has 1 aliphatic carbocycles. The lowest BCUT2D eigenvalue weighted by Crippen LogP contribution is -2.14. The number of hydrazone groups is 1. The Kier molecular flexibility index (Phi) is 4.45. The van der Waals surface area contributed by atoms with Crippen molar-refractivity contribution in [2.24, 2.45) is 5.10 Å². The van der Waals surface area contributed by atoms with Gasteiger partial charge in [-0.25, -0.2) is 5.01 Å². The van der Waals surface area contributed by atoms with E-state index >= 15 is 0 Å². The van der Waals surface area contributed by atoms with Crippen LogP contribution in [0.1, 0.15) is 23.6 Å². The normalized spacial score (nSPS) is 12.4. The lowest BCUT2D eigenvalue weighted by atomic mass is 10.0. The van der Waals surface area contributed by atoms with Crippen molar-refractivity contribution in [3.05, 3.63) is 120 Å². The largest absolute Gasteiger partial charge is 0.233 e. The fourth-order valence-electron chi connectivity index (χ4n) is 4.05. The standard InChI is InChI=1S/C27H22N2/c1-20(21-11-4-2-5-12-21)28-29(23-14-6-3-7-15-23)27-18-10-17-25-24-16-9-8-13-22(24)19-26(25)27/h2-18H,19H2,1H3. The molecule has 0 unspecified atom stereocenters. The van der Waals surface area contributed by atoms with Crippen LogP contribution in [-0.4, -0.2) is 5.71 Å². The van der Waals surface area contributed by atoms with E-state index < -0.39 is 0 Å². The van der Waals surface area contributed by atoms with Crippen LogP contribution in [0, 0.1) is 0 Å². The van der Waals surface area contributed by atoms with Crippen LogP contribution in [0.25, 0.3) is 11.1 Å². The molecule has 0 amide bonds. The van der Waals surface area contributed by atoms with Gasteiger partial charge in [0.05, 0.1) is 17.1 Å². The quantitative estimate of drug-likeness (QED) is 0.249. The van der Waals surface area contributed by atoms with E-state index in [0.29, 0.717) is 0 Å². The summed E-state index contributed by atoms with van der Waals surface area (Å²) in [5, 5.41) is 7.17. The minimum Gasteiger partial charge on any atom is -0.233 e. The van der Waals surface area contributed by atoms with Crippen molar-refractivity contribution < 1.29 is 0 Å². The van der Waals surface area contributed by atoms with E-state index in [1.807, 2.05) is 12.1 Å². The molecule has 0 saturated heterocycles. The summed E-state index contributed by atoms with van der Waals surface area (Å²) >= 11 is 0. The highest BCUT2D eigenvalue weighted by Gasteiger charge is 2.23. The van der Waals surface area contributed by atoms with E-state index in [9.17, 15) is 0 Å². The molecule has 0 fully saturated rings. The minimum atomic E-state index is 0.935. The zero-order valence-electron chi connectivity index (χ0n) is 16.4. The van der Waals surface area contributed by atoms with Crippen LogP contribution in [0.4, 0.5) is 11.4 Å². The second-order valence-corrected chi connectivity index (χ2v) is 7.34. The summed E-state index contributed by atoms with van der Waals surface area (Å²) in [5.74, 6) is 0. The Balaban J connectivity index is 1.66. The molecule has 5 rings (SSSR count). The summed E-state index contributed by atoms with van der Waals surface area (Å²) in [4.78, 5) is 0. The molecule has 140 valence electrons. The van der Waals surface area contributed by atoms with Gasteiger partial charge in [0, 0.05) is 6.42 Å². The molecule has 0 radical (unpaired) electrons. The molecule has 0 N–H and O–H groups in total. The second-order valence-electron chi connectivity index (χ2n) is 7.34. The van der Waals surface area contributed by atoms with Crippen molar-refractivity contribution in [3.63, 3.8) is 0 Å². The Morgan fingerprint density at radius 1 is 0.690 bits per heavy atom. The van der Waals surface area contributed by atoms with Gasteiger partial charge in [0.2, 0.25) is 0 Å². The fourth-order valence-corrected chi connectivity index (χ4v) is 4.05. The van der Waals surface area contributed by atoms with Crippen molar-refractivity contribution in [3.8, 4) is 11.1 Å². The number of nitrogens with zero attached hydrogens (tertiary/aromatic N) is 2. The summed E-state index contributed by atoms with van der Waals surface area (Å²) in [6, 6.07) is 36.0. The average molecular weight is 374 g/mol. The molecule has 0 atom stereocenters. The van der Waals surface area contributed by atoms with Crippen molar-refractivity contribution in [1.29, 1.82) is 0 Å². The average Bonchev–Trinajstić information content (AvgIpc) is 3.17. The van der Waals surface area contributed by atoms with Gasteiger partial charge < -0.3 is 0 Å². The van der Waals surface area contributed by atoms with E-state index in [2.05, 4.69) is 103 Å². The highest BCUT2D eigenvalue weighted by Crippen LogP contribution is 2.43. The molecular formula is C27H22N2. The topological polar surface area (TPSA) is 15.6 Å². The van der Waals surface area contributed by atoms with E-state index in [1.165, 1.54) is 22.3 Å². The molecule has 0 aliphatic heterocycles. The highest BCUT2D eigenvalue weighted by atomic mass is 15.5. The van der Waals surface area contributed by atoms with Crippen LogP contribution in [0.2, 0.25) is 0 Å². The van der Waals surface area contributed by atoms with Crippen LogP contribution in [-0.2, 0) is 6.42 Å². The molecule has 1 aliphatic rings. The number of rotatable bonds is 4. The molecule has 2 heteroatoms. The first-order chi connectivity index (χ1) is 14.3. The van der Waals surface area contributed by atoms with Crippen LogP contribution >= 0.6 is 0 Å². The molecular weight excluding hydrogens is 352 g/mol. The molecule has 0 heterocycles. The molecule has 0 bridgehead atoms. The van der Waals surface area contributed by atoms with Crippen molar-refractivity contribution >= 4 is 17.1 Å². The van der Waals surface area contributed by atoms with Crippen LogP contribution in [0.5, 0.6) is 0 Å². The van der Waals surface area contributed by atoms with Gasteiger partial charge in [-0.15, -0.1) is 0 Å². The van der Waals surface area contributed by atoms with Gasteiger partial charge in [0.25, 0.3) is 0 Å². The van der Waals surface area contributed by atoms with E-state index in [-0.39, 0.29) is 0 Å². The lowest BCUT2D eigenvalue weighted by molar-refractivity contribution is 1.06. The Labute approximate surface area is 171 Å². The summed E-state index contributed by atoms with van der Waals surface area (Å²) < 4.78 is 0. The van der Waals surface area contributed by atoms with E-state index in [1.54, 1.807) is 0 Å². The SMILES string of the molecule is CC(=NN(c1ccccc1)c1cccc2c1Cc1ccccc1-2)c1ccccc1. The van der Waals surface area contributed by atoms with E-state index in [0.717, 1.165) is 29.1 Å². The minimum absolute atomic E-state index is 0.935. The summed E-state index contributed by atoms with van der Waals surface area (Å²) in [7, 11) is 0. The first kappa shape index (κ1) is 17.4. The molecule has 0 spiro atoms. The van der Waals surface area contributed by atoms with Crippen LogP contribution < -0.4 is 5.01 Å². The number of fused-ring (bicyclic) bond motifs is 3. The number of anilines is 2. The lowest BCUT2D eigenvalue weighted by Gasteiger charge is -2.23. The summed E-state index contributed by atoms with van der Waals surface area (Å²) in [5.41, 5.74) is 9.68. The monoisotopic (exact) mass is 374 g/mol. The molecule has 29 heavy (non-hydrogen) atoms. The van der Waals surface area contributed by atoms with E-state index in [4.69, 9.17) is 5.10 Å². The molecule has 4 aromatic carbocycles. The Bertz CT molecular complexity index is 1180. The number of hydrogen-bond acceptors (Lipinski definition) is 2. The zero-order valence-corrected chi connectivity index (χ0v) is 16.4.